The molecule has 0 saturated carbocycles. The Kier molecular flexibility index (Phi) is 5.61. The maximum atomic E-state index is 13.6. The Morgan fingerprint density at radius 3 is 1.69 bits per heavy atom. The highest BCUT2D eigenvalue weighted by atomic mass is 79.9. The van der Waals surface area contributed by atoms with Gasteiger partial charge in [-0.2, -0.15) is 0 Å². The molecule has 0 radical (unpaired) electrons. The highest BCUT2D eigenvalue weighted by molar-refractivity contribution is 9.13. The summed E-state index contributed by atoms with van der Waals surface area (Å²) in [7, 11) is 0. The van der Waals surface area contributed by atoms with Crippen molar-refractivity contribution >= 4 is 65.2 Å². The van der Waals surface area contributed by atoms with Gasteiger partial charge >= 0.3 is 0 Å². The zero-order valence-electron chi connectivity index (χ0n) is 19.8. The molecule has 2 aliphatic rings. The van der Waals surface area contributed by atoms with Crippen molar-refractivity contribution in [3.8, 4) is 22.3 Å². The molecule has 0 fully saturated rings. The smallest absolute Gasteiger partial charge is 0.261 e. The number of halogens is 2. The van der Waals surface area contributed by atoms with Crippen LogP contribution in [0, 0.1) is 5.92 Å². The first kappa shape index (κ1) is 22.9. The second-order valence-electron chi connectivity index (χ2n) is 9.72. The number of carbonyl (C=O) groups is 2. The van der Waals surface area contributed by atoms with E-state index in [9.17, 15) is 9.59 Å². The number of amides is 2. The van der Waals surface area contributed by atoms with Crippen molar-refractivity contribution in [3.05, 3.63) is 68.6 Å². The second kappa shape index (κ2) is 8.56. The Hall–Kier alpha value is -2.50. The normalized spacial score (nSPS) is 14.8. The lowest BCUT2D eigenvalue weighted by Gasteiger charge is -2.30. The molecule has 1 aliphatic heterocycles. The summed E-state index contributed by atoms with van der Waals surface area (Å²) in [6.45, 7) is 4.82. The van der Waals surface area contributed by atoms with Gasteiger partial charge in [-0.15, -0.1) is 0 Å². The van der Waals surface area contributed by atoms with E-state index in [4.69, 9.17) is 0 Å². The molecule has 0 N–H and O–H groups in total. The molecule has 3 nitrogen and oxygen atoms in total. The summed E-state index contributed by atoms with van der Waals surface area (Å²) in [5.41, 5.74) is 5.79. The molecule has 0 spiro atoms. The summed E-state index contributed by atoms with van der Waals surface area (Å²) in [5, 5.41) is 4.14. The van der Waals surface area contributed by atoms with Gasteiger partial charge in [-0.1, -0.05) is 45.2 Å². The quantitative estimate of drug-likeness (QED) is 0.185. The molecular formula is C30H25Br2NO2. The number of hydrogen-bond acceptors (Lipinski definition) is 2. The van der Waals surface area contributed by atoms with Gasteiger partial charge in [0.05, 0.1) is 0 Å². The summed E-state index contributed by atoms with van der Waals surface area (Å²) in [6, 6.07) is 16.7. The van der Waals surface area contributed by atoms with Crippen LogP contribution in [0.1, 0.15) is 60.2 Å². The average molecular weight is 591 g/mol. The number of unbranched alkanes of at least 4 members (excludes halogenated alkanes) is 1. The van der Waals surface area contributed by atoms with Gasteiger partial charge in [0.2, 0.25) is 0 Å². The second-order valence-corrected chi connectivity index (χ2v) is 11.4. The van der Waals surface area contributed by atoms with E-state index in [0.29, 0.717) is 23.6 Å². The van der Waals surface area contributed by atoms with Crippen molar-refractivity contribution in [2.24, 2.45) is 5.92 Å². The lowest BCUT2D eigenvalue weighted by Crippen LogP contribution is -2.43. The molecule has 2 amide bonds. The van der Waals surface area contributed by atoms with Crippen LogP contribution in [0.25, 0.3) is 43.8 Å². The monoisotopic (exact) mass is 589 g/mol. The standard InChI is InChI=1S/C30H25Br2NO2/c1-3-5-6-16(4-2)15-33-29(34)21-9-7-19-23-11-17-13-25(31)26(32)14-18(17)12-24(23)20-8-10-22(30(33)35)28(21)27(19)20/h7-14,16H,3-6,15H2,1-2H3. The van der Waals surface area contributed by atoms with Gasteiger partial charge in [0.1, 0.15) is 0 Å². The van der Waals surface area contributed by atoms with E-state index in [2.05, 4.69) is 82.1 Å². The van der Waals surface area contributed by atoms with E-state index >= 15 is 0 Å². The molecule has 1 heterocycles. The largest absolute Gasteiger partial charge is 0.274 e. The van der Waals surface area contributed by atoms with E-state index in [0.717, 1.165) is 78.4 Å². The summed E-state index contributed by atoms with van der Waals surface area (Å²) in [4.78, 5) is 28.7. The summed E-state index contributed by atoms with van der Waals surface area (Å²) in [5.74, 6) is 0.0229. The van der Waals surface area contributed by atoms with Crippen LogP contribution in [0.2, 0.25) is 0 Å². The van der Waals surface area contributed by atoms with E-state index in [-0.39, 0.29) is 11.8 Å². The zero-order valence-corrected chi connectivity index (χ0v) is 22.9. The fraction of sp³-hybridized carbons (Fsp3) is 0.267. The van der Waals surface area contributed by atoms with Crippen LogP contribution in [0.15, 0.2) is 57.5 Å². The minimum atomic E-state index is -0.157. The molecule has 1 aliphatic carbocycles. The maximum absolute atomic E-state index is 13.6. The zero-order chi connectivity index (χ0) is 24.4. The summed E-state index contributed by atoms with van der Waals surface area (Å²) >= 11 is 7.24. The SMILES string of the molecule is CCCCC(CC)CN1C(=O)c2ccc3c4c(ccc(c24)C1=O)-c1cc2cc(Br)c(Br)cc2cc1-3. The minimum absolute atomic E-state index is 0.157. The van der Waals surface area contributed by atoms with Crippen molar-refractivity contribution in [2.75, 3.05) is 6.54 Å². The molecular weight excluding hydrogens is 566 g/mol. The molecule has 0 saturated heterocycles. The lowest BCUT2D eigenvalue weighted by molar-refractivity contribution is 0.0580. The lowest BCUT2D eigenvalue weighted by atomic mass is 9.89. The van der Waals surface area contributed by atoms with E-state index < -0.39 is 0 Å². The third kappa shape index (κ3) is 3.42. The number of nitrogens with zero attached hydrogens (tertiary/aromatic N) is 1. The Balaban J connectivity index is 1.50. The Labute approximate surface area is 221 Å². The molecule has 35 heavy (non-hydrogen) atoms. The van der Waals surface area contributed by atoms with Gasteiger partial charge in [0, 0.05) is 32.0 Å². The molecule has 4 aromatic carbocycles. The number of carbonyl (C=O) groups excluding carboxylic acids is 2. The third-order valence-corrected chi connectivity index (χ3v) is 9.54. The minimum Gasteiger partial charge on any atom is -0.274 e. The van der Waals surface area contributed by atoms with Crippen LogP contribution < -0.4 is 0 Å². The van der Waals surface area contributed by atoms with Gasteiger partial charge in [-0.05, 0) is 119 Å². The summed E-state index contributed by atoms with van der Waals surface area (Å²) in [6.07, 6.45) is 4.24. The molecule has 0 aromatic heterocycles. The van der Waals surface area contributed by atoms with Gasteiger partial charge in [-0.25, -0.2) is 0 Å². The van der Waals surface area contributed by atoms with Crippen LogP contribution in [-0.4, -0.2) is 23.3 Å². The molecule has 5 heteroatoms. The number of benzene rings is 4. The Morgan fingerprint density at radius 2 is 1.20 bits per heavy atom. The van der Waals surface area contributed by atoms with Crippen LogP contribution in [-0.2, 0) is 0 Å². The van der Waals surface area contributed by atoms with E-state index in [1.807, 2.05) is 12.1 Å². The van der Waals surface area contributed by atoms with Gasteiger partial charge in [0.25, 0.3) is 11.8 Å². The van der Waals surface area contributed by atoms with Crippen molar-refractivity contribution < 1.29 is 9.59 Å². The molecule has 4 aromatic rings. The molecule has 176 valence electrons. The van der Waals surface area contributed by atoms with Crippen LogP contribution in [0.4, 0.5) is 0 Å². The van der Waals surface area contributed by atoms with Crippen molar-refractivity contribution in [1.29, 1.82) is 0 Å². The maximum Gasteiger partial charge on any atom is 0.261 e. The van der Waals surface area contributed by atoms with Crippen molar-refractivity contribution in [3.63, 3.8) is 0 Å². The molecule has 6 rings (SSSR count). The molecule has 1 atom stereocenters. The topological polar surface area (TPSA) is 37.4 Å². The fourth-order valence-corrected chi connectivity index (χ4v) is 6.49. The predicted molar refractivity (Wildman–Crippen MR) is 150 cm³/mol. The van der Waals surface area contributed by atoms with Crippen LogP contribution in [0.3, 0.4) is 0 Å². The number of hydrogen-bond donors (Lipinski definition) is 0. The summed E-state index contributed by atoms with van der Waals surface area (Å²) < 4.78 is 2.02. The van der Waals surface area contributed by atoms with Gasteiger partial charge in [-0.3, -0.25) is 14.5 Å². The van der Waals surface area contributed by atoms with E-state index in [1.165, 1.54) is 4.90 Å². The molecule has 0 bridgehead atoms. The fourth-order valence-electron chi connectivity index (χ4n) is 5.76. The Morgan fingerprint density at radius 1 is 0.714 bits per heavy atom. The highest BCUT2D eigenvalue weighted by Crippen LogP contribution is 2.51. The van der Waals surface area contributed by atoms with Crippen LogP contribution >= 0.6 is 31.9 Å². The first-order chi connectivity index (χ1) is 16.9. The number of fused-ring (bicyclic) bond motifs is 4. The van der Waals surface area contributed by atoms with Crippen molar-refractivity contribution in [2.45, 2.75) is 39.5 Å². The van der Waals surface area contributed by atoms with Gasteiger partial charge in [0.15, 0.2) is 0 Å². The predicted octanol–water partition coefficient (Wildman–Crippen LogP) is 8.98. The number of rotatable bonds is 6. The average Bonchev–Trinajstić information content (AvgIpc) is 3.17. The number of imide groups is 1. The first-order valence-corrected chi connectivity index (χ1v) is 13.9. The third-order valence-electron chi connectivity index (χ3n) is 7.69. The molecule has 1 unspecified atom stereocenters. The van der Waals surface area contributed by atoms with Crippen molar-refractivity contribution in [1.82, 2.24) is 4.90 Å². The first-order valence-electron chi connectivity index (χ1n) is 12.3. The Bertz CT molecular complexity index is 1470. The van der Waals surface area contributed by atoms with E-state index in [1.54, 1.807) is 0 Å². The van der Waals surface area contributed by atoms with Gasteiger partial charge < -0.3 is 0 Å². The van der Waals surface area contributed by atoms with Crippen LogP contribution in [0.5, 0.6) is 0 Å². The highest BCUT2D eigenvalue weighted by Gasteiger charge is 2.36.